The van der Waals surface area contributed by atoms with Crippen molar-refractivity contribution in [2.75, 3.05) is 0 Å². The number of hydrogen-bond acceptors (Lipinski definition) is 3. The summed E-state index contributed by atoms with van der Waals surface area (Å²) < 4.78 is 29.5. The molecule has 2 N–H and O–H groups in total. The van der Waals surface area contributed by atoms with Crippen LogP contribution in [-0.4, -0.2) is 8.42 Å². The molecule has 1 unspecified atom stereocenters. The number of fused-ring (bicyclic) bond motifs is 3. The van der Waals surface area contributed by atoms with Crippen molar-refractivity contribution < 1.29 is 13.2 Å². The quantitative estimate of drug-likeness (QED) is 0.662. The van der Waals surface area contributed by atoms with Crippen molar-refractivity contribution in [1.29, 1.82) is 0 Å². The molecular weight excluding hydrogens is 394 g/mol. The van der Waals surface area contributed by atoms with E-state index in [0.717, 1.165) is 33.6 Å². The summed E-state index contributed by atoms with van der Waals surface area (Å²) in [6.07, 6.45) is 1.37. The van der Waals surface area contributed by atoms with Gasteiger partial charge >= 0.3 is 0 Å². The number of halogens is 1. The van der Waals surface area contributed by atoms with Crippen molar-refractivity contribution in [3.63, 3.8) is 0 Å². The van der Waals surface area contributed by atoms with E-state index in [1.165, 1.54) is 0 Å². The molecular formula is C22H18ClNO3S. The van der Waals surface area contributed by atoms with Crippen LogP contribution in [0.5, 0.6) is 5.75 Å². The number of ether oxygens (including phenoxy) is 1. The number of benzene rings is 3. The first-order valence-electron chi connectivity index (χ1n) is 8.67. The van der Waals surface area contributed by atoms with Gasteiger partial charge in [-0.15, -0.1) is 0 Å². The van der Waals surface area contributed by atoms with Crippen LogP contribution in [0, 0.1) is 0 Å². The minimum atomic E-state index is -3.64. The molecule has 1 atom stereocenters. The van der Waals surface area contributed by atoms with Crippen molar-refractivity contribution in [3.8, 4) is 16.9 Å². The van der Waals surface area contributed by atoms with Crippen LogP contribution in [0.15, 0.2) is 67.2 Å². The lowest BCUT2D eigenvalue weighted by Crippen LogP contribution is -2.18. The first-order chi connectivity index (χ1) is 13.4. The Labute approximate surface area is 169 Å². The lowest BCUT2D eigenvalue weighted by Gasteiger charge is -2.30. The van der Waals surface area contributed by atoms with Gasteiger partial charge in [-0.1, -0.05) is 66.7 Å². The molecule has 3 aromatic rings. The van der Waals surface area contributed by atoms with Crippen LogP contribution >= 0.6 is 11.6 Å². The fourth-order valence-corrected chi connectivity index (χ4v) is 4.43. The third-order valence-electron chi connectivity index (χ3n) is 4.71. The maximum absolute atomic E-state index is 11.6. The number of rotatable bonds is 4. The summed E-state index contributed by atoms with van der Waals surface area (Å²) in [5.41, 5.74) is 5.22. The zero-order valence-corrected chi connectivity index (χ0v) is 16.5. The summed E-state index contributed by atoms with van der Waals surface area (Å²) in [4.78, 5) is 0. The highest BCUT2D eigenvalue weighted by atomic mass is 35.5. The molecule has 3 aromatic carbocycles. The van der Waals surface area contributed by atoms with Gasteiger partial charge in [0.25, 0.3) is 0 Å². The molecule has 4 rings (SSSR count). The highest BCUT2D eigenvalue weighted by Crippen LogP contribution is 2.47. The van der Waals surface area contributed by atoms with Gasteiger partial charge in [0.2, 0.25) is 10.0 Å². The van der Waals surface area contributed by atoms with Crippen molar-refractivity contribution in [2.24, 2.45) is 5.14 Å². The molecule has 28 heavy (non-hydrogen) atoms. The summed E-state index contributed by atoms with van der Waals surface area (Å²) in [5.74, 6) is 0.507. The topological polar surface area (TPSA) is 69.4 Å². The molecule has 4 nitrogen and oxygen atoms in total. The highest BCUT2D eigenvalue weighted by molar-refractivity contribution is 7.88. The van der Waals surface area contributed by atoms with Crippen LogP contribution < -0.4 is 9.88 Å². The van der Waals surface area contributed by atoms with Crippen molar-refractivity contribution in [3.05, 3.63) is 94.5 Å². The molecule has 0 bridgehead atoms. The predicted octanol–water partition coefficient (Wildman–Crippen LogP) is 4.92. The third-order valence-corrected chi connectivity index (χ3v) is 5.68. The Morgan fingerprint density at radius 3 is 2.61 bits per heavy atom. The molecule has 6 heteroatoms. The molecule has 0 radical (unpaired) electrons. The number of sulfonamides is 1. The smallest absolute Gasteiger partial charge is 0.213 e. The van der Waals surface area contributed by atoms with Crippen molar-refractivity contribution >= 4 is 27.7 Å². The molecule has 0 fully saturated rings. The van der Waals surface area contributed by atoms with E-state index in [4.69, 9.17) is 21.5 Å². The van der Waals surface area contributed by atoms with Gasteiger partial charge in [0.15, 0.2) is 0 Å². The first-order valence-corrected chi connectivity index (χ1v) is 10.8. The van der Waals surface area contributed by atoms with E-state index in [2.05, 4.69) is 6.58 Å². The van der Waals surface area contributed by atoms with E-state index < -0.39 is 16.1 Å². The Balaban J connectivity index is 1.95. The Hall–Kier alpha value is -2.60. The Morgan fingerprint density at radius 2 is 1.89 bits per heavy atom. The largest absolute Gasteiger partial charge is 0.480 e. The van der Waals surface area contributed by atoms with Gasteiger partial charge in [-0.2, -0.15) is 0 Å². The molecule has 0 saturated heterocycles. The standard InChI is InChI=1S/C22H18ClNO3S/c1-2-15-5-4-8-20-21(15)18-10-9-14(13-28(24,25)26)11-19(18)22(27-20)16-6-3-7-17(23)12-16/h2-12,22H,1,13H2,(H2,24,25,26). The molecule has 1 aliphatic heterocycles. The lowest BCUT2D eigenvalue weighted by molar-refractivity contribution is 0.243. The number of nitrogens with two attached hydrogens (primary N) is 1. The Morgan fingerprint density at radius 1 is 1.11 bits per heavy atom. The van der Waals surface area contributed by atoms with E-state index in [9.17, 15) is 8.42 Å². The van der Waals surface area contributed by atoms with E-state index in [1.807, 2.05) is 48.5 Å². The minimum absolute atomic E-state index is 0.238. The maximum atomic E-state index is 11.6. The van der Waals surface area contributed by atoms with E-state index >= 15 is 0 Å². The van der Waals surface area contributed by atoms with Gasteiger partial charge in [0, 0.05) is 16.1 Å². The second kappa shape index (κ2) is 7.09. The van der Waals surface area contributed by atoms with Crippen LogP contribution in [0.4, 0.5) is 0 Å². The van der Waals surface area contributed by atoms with Crippen LogP contribution in [0.2, 0.25) is 5.02 Å². The summed E-state index contributed by atoms with van der Waals surface area (Å²) in [6, 6.07) is 18.8. The predicted molar refractivity (Wildman–Crippen MR) is 113 cm³/mol. The van der Waals surface area contributed by atoms with E-state index in [-0.39, 0.29) is 5.75 Å². The average molecular weight is 412 g/mol. The Kier molecular flexibility index (Phi) is 4.75. The molecule has 1 heterocycles. The number of hydrogen-bond donors (Lipinski definition) is 1. The van der Waals surface area contributed by atoms with E-state index in [1.54, 1.807) is 18.2 Å². The van der Waals surface area contributed by atoms with Gasteiger partial charge < -0.3 is 4.74 Å². The molecule has 0 spiro atoms. The zero-order chi connectivity index (χ0) is 19.9. The maximum Gasteiger partial charge on any atom is 0.213 e. The van der Waals surface area contributed by atoms with E-state index in [0.29, 0.717) is 10.6 Å². The van der Waals surface area contributed by atoms with Crippen LogP contribution in [0.3, 0.4) is 0 Å². The summed E-state index contributed by atoms with van der Waals surface area (Å²) in [5, 5.41) is 5.85. The van der Waals surface area contributed by atoms with Crippen LogP contribution in [0.1, 0.15) is 28.4 Å². The SMILES string of the molecule is C=Cc1cccc2c1-c1ccc(CS(N)(=O)=O)cc1C(c1cccc(Cl)c1)O2. The third kappa shape index (κ3) is 3.56. The second-order valence-electron chi connectivity index (χ2n) is 6.71. The van der Waals surface area contributed by atoms with Crippen molar-refractivity contribution in [1.82, 2.24) is 0 Å². The van der Waals surface area contributed by atoms with Gasteiger partial charge in [0.05, 0.1) is 5.75 Å². The second-order valence-corrected chi connectivity index (χ2v) is 8.76. The zero-order valence-electron chi connectivity index (χ0n) is 14.9. The van der Waals surface area contributed by atoms with Gasteiger partial charge in [-0.3, -0.25) is 0 Å². The first kappa shape index (κ1) is 18.7. The van der Waals surface area contributed by atoms with Crippen LogP contribution in [0.25, 0.3) is 17.2 Å². The molecule has 1 aliphatic rings. The monoisotopic (exact) mass is 411 g/mol. The highest BCUT2D eigenvalue weighted by Gasteiger charge is 2.29. The summed E-state index contributed by atoms with van der Waals surface area (Å²) in [6.45, 7) is 3.90. The lowest BCUT2D eigenvalue weighted by atomic mass is 9.86. The minimum Gasteiger partial charge on any atom is -0.480 e. The van der Waals surface area contributed by atoms with Crippen molar-refractivity contribution in [2.45, 2.75) is 11.9 Å². The number of primary sulfonamides is 1. The summed E-state index contributed by atoms with van der Waals surface area (Å²) >= 11 is 6.19. The fourth-order valence-electron chi connectivity index (χ4n) is 3.59. The molecule has 0 amide bonds. The molecule has 0 saturated carbocycles. The molecule has 0 aromatic heterocycles. The van der Waals surface area contributed by atoms with Gasteiger partial charge in [0.1, 0.15) is 11.9 Å². The Bertz CT molecular complexity index is 1190. The molecule has 142 valence electrons. The van der Waals surface area contributed by atoms with Gasteiger partial charge in [-0.25, -0.2) is 13.6 Å². The van der Waals surface area contributed by atoms with Gasteiger partial charge in [-0.05, 0) is 40.5 Å². The van der Waals surface area contributed by atoms with Crippen LogP contribution in [-0.2, 0) is 15.8 Å². The normalized spacial score (nSPS) is 15.3. The summed E-state index contributed by atoms with van der Waals surface area (Å²) in [7, 11) is -3.64. The fraction of sp³-hybridized carbons (Fsp3) is 0.0909. The average Bonchev–Trinajstić information content (AvgIpc) is 2.65. The molecule has 0 aliphatic carbocycles.